The van der Waals surface area contributed by atoms with Crippen molar-refractivity contribution in [3.8, 4) is 17.6 Å². The molecule has 0 aliphatic rings. The van der Waals surface area contributed by atoms with Crippen molar-refractivity contribution in [2.24, 2.45) is 0 Å². The number of fused-ring (bicyclic) bond motifs is 1. The summed E-state index contributed by atoms with van der Waals surface area (Å²) in [5.74, 6) is 7.10. The molecule has 0 unspecified atom stereocenters. The zero-order valence-corrected chi connectivity index (χ0v) is 12.5. The van der Waals surface area contributed by atoms with E-state index in [1.165, 1.54) is 10.8 Å². The lowest BCUT2D eigenvalue weighted by molar-refractivity contribution is 0.415. The van der Waals surface area contributed by atoms with Gasteiger partial charge in [0.15, 0.2) is 0 Å². The van der Waals surface area contributed by atoms with E-state index in [4.69, 9.17) is 4.74 Å². The molecule has 1 nitrogen and oxygen atoms in total. The fraction of sp³-hybridized carbons (Fsp3) is 0.0476. The summed E-state index contributed by atoms with van der Waals surface area (Å²) in [6.45, 7) is 4.08. The Morgan fingerprint density at radius 3 is 2.36 bits per heavy atom. The molecule has 0 bridgehead atoms. The molecule has 0 N–H and O–H groups in total. The van der Waals surface area contributed by atoms with E-state index in [1.54, 1.807) is 7.11 Å². The second-order valence-electron chi connectivity index (χ2n) is 5.02. The zero-order valence-electron chi connectivity index (χ0n) is 12.5. The molecular weight excluding hydrogens is 268 g/mol. The minimum atomic E-state index is 0.821. The van der Waals surface area contributed by atoms with E-state index in [9.17, 15) is 0 Å². The second kappa shape index (κ2) is 6.20. The van der Waals surface area contributed by atoms with Crippen LogP contribution in [0.25, 0.3) is 16.3 Å². The van der Waals surface area contributed by atoms with E-state index in [0.717, 1.165) is 22.4 Å². The van der Waals surface area contributed by atoms with Gasteiger partial charge in [0.2, 0.25) is 0 Å². The first-order chi connectivity index (χ1) is 10.8. The molecule has 0 aromatic heterocycles. The Balaban J connectivity index is 1.85. The maximum atomic E-state index is 5.14. The van der Waals surface area contributed by atoms with Crippen LogP contribution in [0.2, 0.25) is 0 Å². The molecule has 22 heavy (non-hydrogen) atoms. The Bertz CT molecular complexity index is 877. The van der Waals surface area contributed by atoms with Gasteiger partial charge < -0.3 is 4.74 Å². The number of hydrogen-bond acceptors (Lipinski definition) is 1. The minimum Gasteiger partial charge on any atom is -0.497 e. The minimum absolute atomic E-state index is 0.821. The average molecular weight is 284 g/mol. The Kier molecular flexibility index (Phi) is 3.94. The summed E-state index contributed by atoms with van der Waals surface area (Å²) in [6.07, 6.45) is 0. The quantitative estimate of drug-likeness (QED) is 0.607. The highest BCUT2D eigenvalue weighted by Gasteiger charge is 1.98. The smallest absolute Gasteiger partial charge is 0.118 e. The maximum absolute atomic E-state index is 5.14. The van der Waals surface area contributed by atoms with E-state index in [-0.39, 0.29) is 0 Å². The summed E-state index contributed by atoms with van der Waals surface area (Å²) in [6, 6.07) is 22.3. The van der Waals surface area contributed by atoms with Crippen LogP contribution in [-0.2, 0) is 0 Å². The Morgan fingerprint density at radius 1 is 0.909 bits per heavy atom. The number of hydrogen-bond donors (Lipinski definition) is 0. The molecule has 1 heteroatoms. The van der Waals surface area contributed by atoms with Gasteiger partial charge in [0.25, 0.3) is 0 Å². The molecule has 0 radical (unpaired) electrons. The van der Waals surface area contributed by atoms with Crippen LogP contribution < -0.4 is 4.74 Å². The van der Waals surface area contributed by atoms with Crippen LogP contribution in [0, 0.1) is 11.8 Å². The van der Waals surface area contributed by atoms with Crippen molar-refractivity contribution < 1.29 is 4.74 Å². The molecule has 0 spiro atoms. The monoisotopic (exact) mass is 284 g/mol. The van der Waals surface area contributed by atoms with Crippen LogP contribution in [0.1, 0.15) is 11.1 Å². The van der Waals surface area contributed by atoms with Gasteiger partial charge in [-0.05, 0) is 46.7 Å². The van der Waals surface area contributed by atoms with Gasteiger partial charge in [-0.15, -0.1) is 0 Å². The first-order valence-electron chi connectivity index (χ1n) is 7.10. The van der Waals surface area contributed by atoms with Crippen LogP contribution in [0.4, 0.5) is 0 Å². The van der Waals surface area contributed by atoms with E-state index in [1.807, 2.05) is 36.4 Å². The highest BCUT2D eigenvalue weighted by Crippen LogP contribution is 2.20. The fourth-order valence-corrected chi connectivity index (χ4v) is 2.27. The summed E-state index contributed by atoms with van der Waals surface area (Å²) >= 11 is 0. The molecule has 0 heterocycles. The molecule has 0 aliphatic carbocycles. The lowest BCUT2D eigenvalue weighted by atomic mass is 10.0. The highest BCUT2D eigenvalue weighted by atomic mass is 16.5. The topological polar surface area (TPSA) is 9.23 Å². The predicted octanol–water partition coefficient (Wildman–Crippen LogP) is 4.91. The Hall–Kier alpha value is -2.98. The summed E-state index contributed by atoms with van der Waals surface area (Å²) < 4.78 is 5.14. The fourth-order valence-electron chi connectivity index (χ4n) is 2.27. The molecule has 0 amide bonds. The van der Waals surface area contributed by atoms with Crippen LogP contribution in [0.5, 0.6) is 5.75 Å². The summed E-state index contributed by atoms with van der Waals surface area (Å²) in [4.78, 5) is 0. The molecule has 0 saturated carbocycles. The number of allylic oxidation sites excluding steroid dienone is 1. The largest absolute Gasteiger partial charge is 0.497 e. The number of ether oxygens (including phenoxy) is 1. The highest BCUT2D eigenvalue weighted by molar-refractivity contribution is 5.88. The molecule has 0 aliphatic heterocycles. The number of methoxy groups -OCH3 is 1. The molecule has 0 atom stereocenters. The van der Waals surface area contributed by atoms with Gasteiger partial charge in [0, 0.05) is 11.1 Å². The van der Waals surface area contributed by atoms with Crippen molar-refractivity contribution >= 4 is 16.3 Å². The van der Waals surface area contributed by atoms with E-state index in [0.29, 0.717) is 0 Å². The third-order valence-corrected chi connectivity index (χ3v) is 3.55. The average Bonchev–Trinajstić information content (AvgIpc) is 2.59. The van der Waals surface area contributed by atoms with Crippen LogP contribution in [0.15, 0.2) is 73.3 Å². The van der Waals surface area contributed by atoms with Crippen LogP contribution in [-0.4, -0.2) is 7.11 Å². The van der Waals surface area contributed by atoms with Gasteiger partial charge in [0.1, 0.15) is 5.75 Å². The molecule has 0 fully saturated rings. The number of rotatable bonds is 2. The first-order valence-corrected chi connectivity index (χ1v) is 7.10. The SMILES string of the molecule is C=C(C#Cc1ccc(OC)cc1)c1ccc2ccccc2c1. The van der Waals surface area contributed by atoms with Gasteiger partial charge in [-0.3, -0.25) is 0 Å². The summed E-state index contributed by atoms with van der Waals surface area (Å²) in [7, 11) is 1.66. The lowest BCUT2D eigenvalue weighted by Crippen LogP contribution is -1.83. The van der Waals surface area contributed by atoms with Gasteiger partial charge >= 0.3 is 0 Å². The predicted molar refractivity (Wildman–Crippen MR) is 92.9 cm³/mol. The van der Waals surface area contributed by atoms with Crippen LogP contribution in [0.3, 0.4) is 0 Å². The Labute approximate surface area is 130 Å². The molecule has 0 saturated heterocycles. The molecule has 3 aromatic rings. The van der Waals surface area contributed by atoms with Crippen molar-refractivity contribution in [2.45, 2.75) is 0 Å². The number of benzene rings is 3. The van der Waals surface area contributed by atoms with Crippen LogP contribution >= 0.6 is 0 Å². The maximum Gasteiger partial charge on any atom is 0.118 e. The third kappa shape index (κ3) is 3.02. The third-order valence-electron chi connectivity index (χ3n) is 3.55. The van der Waals surface area contributed by atoms with Crippen molar-refractivity contribution in [3.63, 3.8) is 0 Å². The second-order valence-corrected chi connectivity index (χ2v) is 5.02. The summed E-state index contributed by atoms with van der Waals surface area (Å²) in [5, 5.41) is 2.43. The first kappa shape index (κ1) is 14.0. The van der Waals surface area contributed by atoms with Crippen molar-refractivity contribution in [3.05, 3.63) is 84.4 Å². The summed E-state index contributed by atoms with van der Waals surface area (Å²) in [5.41, 5.74) is 2.82. The van der Waals surface area contributed by atoms with Gasteiger partial charge in [0.05, 0.1) is 7.11 Å². The van der Waals surface area contributed by atoms with Gasteiger partial charge in [-0.1, -0.05) is 54.8 Å². The molecular formula is C21H16O. The Morgan fingerprint density at radius 2 is 1.64 bits per heavy atom. The van der Waals surface area contributed by atoms with Crippen molar-refractivity contribution in [1.29, 1.82) is 0 Å². The van der Waals surface area contributed by atoms with Gasteiger partial charge in [-0.2, -0.15) is 0 Å². The normalized spacial score (nSPS) is 9.86. The van der Waals surface area contributed by atoms with E-state index < -0.39 is 0 Å². The molecule has 3 aromatic carbocycles. The van der Waals surface area contributed by atoms with E-state index >= 15 is 0 Å². The van der Waals surface area contributed by atoms with E-state index in [2.05, 4.69) is 48.8 Å². The standard InChI is InChI=1S/C21H16O/c1-16(7-8-17-9-13-21(22-2)14-10-17)19-12-11-18-5-3-4-6-20(18)15-19/h3-6,9-15H,1H2,2H3. The van der Waals surface area contributed by atoms with Crippen molar-refractivity contribution in [1.82, 2.24) is 0 Å². The lowest BCUT2D eigenvalue weighted by Gasteiger charge is -2.02. The van der Waals surface area contributed by atoms with Crippen molar-refractivity contribution in [2.75, 3.05) is 7.11 Å². The molecule has 106 valence electrons. The van der Waals surface area contributed by atoms with Gasteiger partial charge in [-0.25, -0.2) is 0 Å². The molecule has 3 rings (SSSR count). The zero-order chi connectivity index (χ0) is 15.4.